The van der Waals surface area contributed by atoms with Crippen LogP contribution in [0.5, 0.6) is 5.88 Å². The lowest BCUT2D eigenvalue weighted by Gasteiger charge is -2.07. The van der Waals surface area contributed by atoms with Crippen molar-refractivity contribution < 1.29 is 9.53 Å². The second-order valence-corrected chi connectivity index (χ2v) is 3.17. The van der Waals surface area contributed by atoms with Crippen molar-refractivity contribution in [3.63, 3.8) is 0 Å². The van der Waals surface area contributed by atoms with Crippen molar-refractivity contribution in [1.29, 1.82) is 0 Å². The SMILES string of the molecule is CC(C)Oc1ccc(C(=O)Cl)cn1. The van der Waals surface area contributed by atoms with Crippen LogP contribution < -0.4 is 4.74 Å². The van der Waals surface area contributed by atoms with Crippen molar-refractivity contribution in [2.24, 2.45) is 0 Å². The van der Waals surface area contributed by atoms with Gasteiger partial charge >= 0.3 is 0 Å². The highest BCUT2D eigenvalue weighted by molar-refractivity contribution is 6.67. The first kappa shape index (κ1) is 9.99. The van der Waals surface area contributed by atoms with E-state index in [-0.39, 0.29) is 6.10 Å². The topological polar surface area (TPSA) is 39.2 Å². The third-order valence-electron chi connectivity index (χ3n) is 1.32. The van der Waals surface area contributed by atoms with Gasteiger partial charge in [-0.25, -0.2) is 4.98 Å². The Labute approximate surface area is 81.7 Å². The second-order valence-electron chi connectivity index (χ2n) is 2.83. The highest BCUT2D eigenvalue weighted by atomic mass is 35.5. The molecule has 0 amide bonds. The van der Waals surface area contributed by atoms with Gasteiger partial charge in [0.1, 0.15) is 0 Å². The Morgan fingerprint density at radius 1 is 1.54 bits per heavy atom. The molecular formula is C9H10ClNO2. The van der Waals surface area contributed by atoms with Gasteiger partial charge in [0.25, 0.3) is 5.24 Å². The molecule has 0 radical (unpaired) electrons. The van der Waals surface area contributed by atoms with Crippen LogP contribution in [-0.4, -0.2) is 16.3 Å². The minimum atomic E-state index is -0.511. The molecule has 1 aromatic heterocycles. The highest BCUT2D eigenvalue weighted by Gasteiger charge is 2.03. The summed E-state index contributed by atoms with van der Waals surface area (Å²) in [6, 6.07) is 3.20. The van der Waals surface area contributed by atoms with Gasteiger partial charge in [0, 0.05) is 12.3 Å². The molecule has 0 spiro atoms. The summed E-state index contributed by atoms with van der Waals surface area (Å²) in [6.07, 6.45) is 1.47. The van der Waals surface area contributed by atoms with Gasteiger partial charge in [-0.1, -0.05) is 0 Å². The van der Waals surface area contributed by atoms with Gasteiger partial charge in [-0.05, 0) is 31.5 Å². The fraction of sp³-hybridized carbons (Fsp3) is 0.333. The van der Waals surface area contributed by atoms with Gasteiger partial charge in [-0.2, -0.15) is 0 Å². The van der Waals surface area contributed by atoms with Gasteiger partial charge in [0.05, 0.1) is 11.7 Å². The average Bonchev–Trinajstić information content (AvgIpc) is 2.04. The Morgan fingerprint density at radius 2 is 2.23 bits per heavy atom. The molecule has 3 nitrogen and oxygen atoms in total. The van der Waals surface area contributed by atoms with E-state index in [1.807, 2.05) is 13.8 Å². The molecule has 0 saturated heterocycles. The van der Waals surface area contributed by atoms with E-state index in [4.69, 9.17) is 16.3 Å². The van der Waals surface area contributed by atoms with Gasteiger partial charge in [-0.15, -0.1) is 0 Å². The number of aromatic nitrogens is 1. The number of halogens is 1. The zero-order chi connectivity index (χ0) is 9.84. The van der Waals surface area contributed by atoms with E-state index >= 15 is 0 Å². The molecule has 0 atom stereocenters. The molecule has 0 aliphatic heterocycles. The fourth-order valence-corrected chi connectivity index (χ4v) is 0.920. The third kappa shape index (κ3) is 3.03. The van der Waals surface area contributed by atoms with Gasteiger partial charge in [0.2, 0.25) is 5.88 Å². The van der Waals surface area contributed by atoms with Crippen LogP contribution in [0.1, 0.15) is 24.2 Å². The zero-order valence-electron chi connectivity index (χ0n) is 7.45. The lowest BCUT2D eigenvalue weighted by atomic mass is 10.3. The number of carbonyl (C=O) groups is 1. The maximum atomic E-state index is 10.7. The molecule has 0 bridgehead atoms. The van der Waals surface area contributed by atoms with Crippen molar-refractivity contribution in [3.05, 3.63) is 23.9 Å². The van der Waals surface area contributed by atoms with E-state index in [9.17, 15) is 4.79 Å². The lowest BCUT2D eigenvalue weighted by molar-refractivity contribution is 0.108. The summed E-state index contributed by atoms with van der Waals surface area (Å²) in [6.45, 7) is 3.81. The minimum Gasteiger partial charge on any atom is -0.475 e. The summed E-state index contributed by atoms with van der Waals surface area (Å²) < 4.78 is 5.28. The van der Waals surface area contributed by atoms with Crippen LogP contribution >= 0.6 is 11.6 Å². The van der Waals surface area contributed by atoms with Crippen molar-refractivity contribution in [1.82, 2.24) is 4.98 Å². The molecule has 1 rings (SSSR count). The number of pyridine rings is 1. The van der Waals surface area contributed by atoms with Crippen molar-refractivity contribution in [3.8, 4) is 5.88 Å². The zero-order valence-corrected chi connectivity index (χ0v) is 8.21. The number of rotatable bonds is 3. The smallest absolute Gasteiger partial charge is 0.253 e. The predicted molar refractivity (Wildman–Crippen MR) is 50.2 cm³/mol. The molecule has 0 aliphatic rings. The van der Waals surface area contributed by atoms with E-state index in [0.717, 1.165) is 0 Å². The first-order chi connectivity index (χ1) is 6.09. The number of carbonyl (C=O) groups excluding carboxylic acids is 1. The van der Waals surface area contributed by atoms with Gasteiger partial charge in [-0.3, -0.25) is 4.79 Å². The summed E-state index contributed by atoms with van der Waals surface area (Å²) in [5.74, 6) is 0.497. The third-order valence-corrected chi connectivity index (χ3v) is 1.54. The van der Waals surface area contributed by atoms with E-state index < -0.39 is 5.24 Å². The molecule has 1 heterocycles. The van der Waals surface area contributed by atoms with E-state index in [1.165, 1.54) is 6.20 Å². The quantitative estimate of drug-likeness (QED) is 0.701. The fourth-order valence-electron chi connectivity index (χ4n) is 0.808. The van der Waals surface area contributed by atoms with Crippen LogP contribution in [0.2, 0.25) is 0 Å². The maximum Gasteiger partial charge on any atom is 0.253 e. The number of ether oxygens (including phenoxy) is 1. The molecule has 0 unspecified atom stereocenters. The average molecular weight is 200 g/mol. The first-order valence-electron chi connectivity index (χ1n) is 3.92. The van der Waals surface area contributed by atoms with Crippen molar-refractivity contribution >= 4 is 16.8 Å². The summed E-state index contributed by atoms with van der Waals surface area (Å²) in [7, 11) is 0. The Bertz CT molecular complexity index is 295. The first-order valence-corrected chi connectivity index (χ1v) is 4.30. The van der Waals surface area contributed by atoms with Gasteiger partial charge < -0.3 is 4.74 Å². The van der Waals surface area contributed by atoms with Gasteiger partial charge in [0.15, 0.2) is 0 Å². The van der Waals surface area contributed by atoms with Crippen LogP contribution in [0, 0.1) is 0 Å². The molecule has 0 aliphatic carbocycles. The van der Waals surface area contributed by atoms with Crippen LogP contribution in [0.15, 0.2) is 18.3 Å². The summed E-state index contributed by atoms with van der Waals surface area (Å²) in [4.78, 5) is 14.6. The molecule has 0 fully saturated rings. The van der Waals surface area contributed by atoms with Crippen LogP contribution in [0.3, 0.4) is 0 Å². The standard InChI is InChI=1S/C9H10ClNO2/c1-6(2)13-8-4-3-7(5-11-8)9(10)12/h3-6H,1-2H3. The van der Waals surface area contributed by atoms with E-state index in [1.54, 1.807) is 12.1 Å². The Balaban J connectivity index is 2.75. The number of hydrogen-bond donors (Lipinski definition) is 0. The van der Waals surface area contributed by atoms with E-state index in [0.29, 0.717) is 11.4 Å². The van der Waals surface area contributed by atoms with Crippen LogP contribution in [0.4, 0.5) is 0 Å². The monoisotopic (exact) mass is 199 g/mol. The molecular weight excluding hydrogens is 190 g/mol. The molecule has 0 N–H and O–H groups in total. The summed E-state index contributed by atoms with van der Waals surface area (Å²) >= 11 is 5.24. The Hall–Kier alpha value is -1.09. The predicted octanol–water partition coefficient (Wildman–Crippen LogP) is 2.25. The lowest BCUT2D eigenvalue weighted by Crippen LogP contribution is -2.06. The number of hydrogen-bond acceptors (Lipinski definition) is 3. The summed E-state index contributed by atoms with van der Waals surface area (Å²) in [5, 5.41) is -0.511. The highest BCUT2D eigenvalue weighted by Crippen LogP contribution is 2.10. The second kappa shape index (κ2) is 4.23. The van der Waals surface area contributed by atoms with Crippen molar-refractivity contribution in [2.45, 2.75) is 20.0 Å². The molecule has 1 aromatic rings. The summed E-state index contributed by atoms with van der Waals surface area (Å²) in [5.41, 5.74) is 0.373. The van der Waals surface area contributed by atoms with Crippen LogP contribution in [-0.2, 0) is 0 Å². The Morgan fingerprint density at radius 3 is 2.62 bits per heavy atom. The Kier molecular flexibility index (Phi) is 3.25. The molecule has 0 aromatic carbocycles. The van der Waals surface area contributed by atoms with Crippen LogP contribution in [0.25, 0.3) is 0 Å². The molecule has 0 saturated carbocycles. The molecule has 70 valence electrons. The molecule has 4 heteroatoms. The van der Waals surface area contributed by atoms with E-state index in [2.05, 4.69) is 4.98 Å². The minimum absolute atomic E-state index is 0.0741. The normalized spacial score (nSPS) is 10.2. The largest absolute Gasteiger partial charge is 0.475 e. The number of nitrogens with zero attached hydrogens (tertiary/aromatic N) is 1. The molecule has 13 heavy (non-hydrogen) atoms. The van der Waals surface area contributed by atoms with Crippen molar-refractivity contribution in [2.75, 3.05) is 0 Å². The maximum absolute atomic E-state index is 10.7.